The van der Waals surface area contributed by atoms with E-state index in [-0.39, 0.29) is 5.78 Å². The van der Waals surface area contributed by atoms with Gasteiger partial charge in [-0.3, -0.25) is 4.79 Å². The summed E-state index contributed by atoms with van der Waals surface area (Å²) in [4.78, 5) is 13.4. The highest BCUT2D eigenvalue weighted by Crippen LogP contribution is 2.45. The first-order valence-electron chi connectivity index (χ1n) is 8.76. The Hall–Kier alpha value is -3.45. The van der Waals surface area contributed by atoms with Crippen molar-refractivity contribution in [3.63, 3.8) is 0 Å². The predicted octanol–water partition coefficient (Wildman–Crippen LogP) is 6.00. The Morgan fingerprint density at radius 1 is 0.500 bits per heavy atom. The molecule has 1 aliphatic carbocycles. The van der Waals surface area contributed by atoms with Crippen LogP contribution in [0.3, 0.4) is 0 Å². The number of hydrogen-bond acceptors (Lipinski definition) is 1. The summed E-state index contributed by atoms with van der Waals surface area (Å²) in [7, 11) is 0. The number of fused-ring (bicyclic) bond motifs is 3. The van der Waals surface area contributed by atoms with Crippen LogP contribution < -0.4 is 0 Å². The van der Waals surface area contributed by atoms with E-state index >= 15 is 0 Å². The first kappa shape index (κ1) is 14.9. The smallest absolute Gasteiger partial charge is 0.194 e. The number of benzene rings is 4. The van der Waals surface area contributed by atoms with E-state index in [0.29, 0.717) is 0 Å². The van der Waals surface area contributed by atoms with Crippen LogP contribution in [-0.4, -0.2) is 5.78 Å². The third kappa shape index (κ3) is 2.14. The number of carbonyl (C=O) groups is 1. The van der Waals surface area contributed by atoms with E-state index in [9.17, 15) is 4.79 Å². The molecule has 0 spiro atoms. The van der Waals surface area contributed by atoms with Crippen LogP contribution in [0.25, 0.3) is 21.9 Å². The fourth-order valence-corrected chi connectivity index (χ4v) is 3.88. The normalized spacial score (nSPS) is 13.3. The number of allylic oxidation sites excluding steroid dienone is 1. The molecule has 0 atom stereocenters. The highest BCUT2D eigenvalue weighted by atomic mass is 16.1. The molecule has 1 nitrogen and oxygen atoms in total. The zero-order valence-electron chi connectivity index (χ0n) is 14.1. The minimum absolute atomic E-state index is 0.107. The second-order valence-electron chi connectivity index (χ2n) is 6.52. The molecule has 1 heteroatoms. The molecule has 5 rings (SSSR count). The molecular formula is C25H16O. The van der Waals surface area contributed by atoms with E-state index in [1.54, 1.807) is 0 Å². The minimum atomic E-state index is 0.107. The summed E-state index contributed by atoms with van der Waals surface area (Å²) < 4.78 is 0. The highest BCUT2D eigenvalue weighted by Gasteiger charge is 2.32. The lowest BCUT2D eigenvalue weighted by Gasteiger charge is -2.11. The summed E-state index contributed by atoms with van der Waals surface area (Å²) in [5, 5.41) is 2.28. The number of Topliss-reactive ketones (excluding diaryl/α,β-unsaturated/α-hetero) is 1. The van der Waals surface area contributed by atoms with Gasteiger partial charge in [-0.1, -0.05) is 91.0 Å². The molecule has 0 fully saturated rings. The molecule has 0 aliphatic heterocycles. The maximum Gasteiger partial charge on any atom is 0.194 e. The summed E-state index contributed by atoms with van der Waals surface area (Å²) in [5.74, 6) is 0.107. The quantitative estimate of drug-likeness (QED) is 0.440. The highest BCUT2D eigenvalue weighted by molar-refractivity contribution is 6.43. The topological polar surface area (TPSA) is 17.1 Å². The Kier molecular flexibility index (Phi) is 3.32. The Bertz CT molecular complexity index is 1170. The summed E-state index contributed by atoms with van der Waals surface area (Å²) in [6.07, 6.45) is 0. The Labute approximate surface area is 152 Å². The first-order valence-corrected chi connectivity index (χ1v) is 8.76. The Morgan fingerprint density at radius 2 is 1.08 bits per heavy atom. The van der Waals surface area contributed by atoms with Gasteiger partial charge in [0.15, 0.2) is 5.78 Å². The fraction of sp³-hybridized carbons (Fsp3) is 0. The Balaban J connectivity index is 1.93. The SMILES string of the molecule is O=C1C(c2ccccc2)=C(c2ccccc2)c2c1ccc1ccccc21. The van der Waals surface area contributed by atoms with Crippen molar-refractivity contribution in [1.82, 2.24) is 0 Å². The largest absolute Gasteiger partial charge is 0.289 e. The molecule has 0 amide bonds. The van der Waals surface area contributed by atoms with Crippen molar-refractivity contribution in [3.05, 3.63) is 119 Å². The van der Waals surface area contributed by atoms with Crippen molar-refractivity contribution in [2.24, 2.45) is 0 Å². The average molecular weight is 332 g/mol. The zero-order valence-corrected chi connectivity index (χ0v) is 14.1. The third-order valence-corrected chi connectivity index (χ3v) is 5.03. The van der Waals surface area contributed by atoms with Crippen LogP contribution in [0.1, 0.15) is 27.0 Å². The van der Waals surface area contributed by atoms with Gasteiger partial charge in [0.25, 0.3) is 0 Å². The van der Waals surface area contributed by atoms with Crippen LogP contribution in [0.2, 0.25) is 0 Å². The van der Waals surface area contributed by atoms with E-state index in [4.69, 9.17) is 0 Å². The van der Waals surface area contributed by atoms with Gasteiger partial charge in [0.1, 0.15) is 0 Å². The van der Waals surface area contributed by atoms with Gasteiger partial charge >= 0.3 is 0 Å². The zero-order chi connectivity index (χ0) is 17.5. The lowest BCUT2D eigenvalue weighted by Crippen LogP contribution is -1.98. The van der Waals surface area contributed by atoms with E-state index in [0.717, 1.165) is 44.2 Å². The number of ketones is 1. The van der Waals surface area contributed by atoms with Crippen LogP contribution in [0.4, 0.5) is 0 Å². The number of rotatable bonds is 2. The van der Waals surface area contributed by atoms with Gasteiger partial charge in [-0.2, -0.15) is 0 Å². The summed E-state index contributed by atoms with van der Waals surface area (Å²) in [6.45, 7) is 0. The predicted molar refractivity (Wildman–Crippen MR) is 107 cm³/mol. The fourth-order valence-electron chi connectivity index (χ4n) is 3.88. The molecule has 0 saturated carbocycles. The number of hydrogen-bond donors (Lipinski definition) is 0. The molecule has 0 N–H and O–H groups in total. The van der Waals surface area contributed by atoms with Gasteiger partial charge in [-0.05, 0) is 28.0 Å². The maximum atomic E-state index is 13.4. The molecule has 0 unspecified atom stereocenters. The Morgan fingerprint density at radius 3 is 1.77 bits per heavy atom. The molecule has 0 bridgehead atoms. The van der Waals surface area contributed by atoms with Crippen molar-refractivity contribution >= 4 is 27.7 Å². The molecular weight excluding hydrogens is 316 g/mol. The van der Waals surface area contributed by atoms with Gasteiger partial charge in [0.2, 0.25) is 0 Å². The van der Waals surface area contributed by atoms with Crippen molar-refractivity contribution in [2.45, 2.75) is 0 Å². The third-order valence-electron chi connectivity index (χ3n) is 5.03. The van der Waals surface area contributed by atoms with Gasteiger partial charge in [-0.25, -0.2) is 0 Å². The average Bonchev–Trinajstić information content (AvgIpc) is 3.02. The van der Waals surface area contributed by atoms with Gasteiger partial charge < -0.3 is 0 Å². The van der Waals surface area contributed by atoms with Gasteiger partial charge in [0.05, 0.1) is 0 Å². The van der Waals surface area contributed by atoms with Crippen LogP contribution in [-0.2, 0) is 0 Å². The van der Waals surface area contributed by atoms with Gasteiger partial charge in [-0.15, -0.1) is 0 Å². The molecule has 122 valence electrons. The number of carbonyl (C=O) groups excluding carboxylic acids is 1. The first-order chi connectivity index (χ1) is 12.8. The van der Waals surface area contributed by atoms with Crippen LogP contribution in [0.5, 0.6) is 0 Å². The molecule has 0 saturated heterocycles. The van der Waals surface area contributed by atoms with E-state index < -0.39 is 0 Å². The van der Waals surface area contributed by atoms with Gasteiger partial charge in [0, 0.05) is 22.3 Å². The van der Waals surface area contributed by atoms with Crippen molar-refractivity contribution < 1.29 is 4.79 Å². The van der Waals surface area contributed by atoms with Crippen molar-refractivity contribution in [1.29, 1.82) is 0 Å². The summed E-state index contributed by atoms with van der Waals surface area (Å²) in [5.41, 5.74) is 5.72. The minimum Gasteiger partial charge on any atom is -0.289 e. The molecule has 4 aromatic carbocycles. The van der Waals surface area contributed by atoms with Crippen LogP contribution in [0, 0.1) is 0 Å². The molecule has 0 heterocycles. The summed E-state index contributed by atoms with van der Waals surface area (Å²) >= 11 is 0. The lowest BCUT2D eigenvalue weighted by atomic mass is 9.91. The molecule has 1 aliphatic rings. The molecule has 0 aromatic heterocycles. The van der Waals surface area contributed by atoms with E-state index in [1.807, 2.05) is 72.8 Å². The van der Waals surface area contributed by atoms with Crippen molar-refractivity contribution in [3.8, 4) is 0 Å². The lowest BCUT2D eigenvalue weighted by molar-refractivity contribution is 0.105. The maximum absolute atomic E-state index is 13.4. The monoisotopic (exact) mass is 332 g/mol. The van der Waals surface area contributed by atoms with E-state index in [1.165, 1.54) is 0 Å². The molecule has 4 aromatic rings. The molecule has 26 heavy (non-hydrogen) atoms. The second-order valence-corrected chi connectivity index (χ2v) is 6.52. The molecule has 0 radical (unpaired) electrons. The van der Waals surface area contributed by atoms with Crippen molar-refractivity contribution in [2.75, 3.05) is 0 Å². The van der Waals surface area contributed by atoms with Crippen LogP contribution in [0.15, 0.2) is 97.1 Å². The standard InChI is InChI=1S/C25H16O/c26-25-21-16-15-17-9-7-8-14-20(17)24(21)22(18-10-3-1-4-11-18)23(25)19-12-5-2-6-13-19/h1-16H. The second kappa shape index (κ2) is 5.82. The van der Waals surface area contributed by atoms with E-state index in [2.05, 4.69) is 24.3 Å². The summed E-state index contributed by atoms with van der Waals surface area (Å²) in [6, 6.07) is 32.5. The van der Waals surface area contributed by atoms with Crippen LogP contribution >= 0.6 is 0 Å².